The molecule has 0 radical (unpaired) electrons. The summed E-state index contributed by atoms with van der Waals surface area (Å²) in [6.07, 6.45) is 1.62. The lowest BCUT2D eigenvalue weighted by Gasteiger charge is -2.13. The Kier molecular flexibility index (Phi) is 7.45. The summed E-state index contributed by atoms with van der Waals surface area (Å²) in [5.74, 6) is 0.959. The Bertz CT molecular complexity index is 1370. The molecule has 34 heavy (non-hydrogen) atoms. The number of methoxy groups -OCH3 is 2. The average Bonchev–Trinajstić information content (AvgIpc) is 3.31. The monoisotopic (exact) mass is 493 g/mol. The van der Waals surface area contributed by atoms with Gasteiger partial charge in [-0.15, -0.1) is 11.3 Å². The van der Waals surface area contributed by atoms with Crippen molar-refractivity contribution in [1.82, 2.24) is 10.4 Å². The summed E-state index contributed by atoms with van der Waals surface area (Å²) >= 11 is 7.54. The number of para-hydroxylation sites is 1. The van der Waals surface area contributed by atoms with Crippen molar-refractivity contribution < 1.29 is 14.3 Å². The molecule has 0 aliphatic heterocycles. The van der Waals surface area contributed by atoms with E-state index in [4.69, 9.17) is 26.1 Å². The van der Waals surface area contributed by atoms with Crippen molar-refractivity contribution in [3.8, 4) is 22.8 Å². The second-order valence-corrected chi connectivity index (χ2v) is 9.21. The summed E-state index contributed by atoms with van der Waals surface area (Å²) in [6.45, 7) is 2.07. The predicted octanol–water partition coefficient (Wildman–Crippen LogP) is 6.57. The molecule has 0 spiro atoms. The molecule has 1 amide bonds. The van der Waals surface area contributed by atoms with Crippen LogP contribution in [0.1, 0.15) is 35.0 Å². The van der Waals surface area contributed by atoms with Gasteiger partial charge in [0.05, 0.1) is 45.9 Å². The van der Waals surface area contributed by atoms with Crippen LogP contribution in [0.3, 0.4) is 0 Å². The quantitative estimate of drug-likeness (QED) is 0.222. The zero-order chi connectivity index (χ0) is 24.1. The van der Waals surface area contributed by atoms with Crippen LogP contribution in [0.4, 0.5) is 0 Å². The first-order valence-electron chi connectivity index (χ1n) is 10.8. The molecule has 0 aliphatic rings. The molecule has 4 aromatic rings. The minimum absolute atomic E-state index is 0.316. The van der Waals surface area contributed by atoms with Gasteiger partial charge < -0.3 is 9.47 Å². The van der Waals surface area contributed by atoms with E-state index in [1.807, 2.05) is 48.5 Å². The maximum atomic E-state index is 13.3. The first kappa shape index (κ1) is 23.7. The third kappa shape index (κ3) is 5.05. The number of halogens is 1. The number of rotatable bonds is 8. The zero-order valence-electron chi connectivity index (χ0n) is 19.1. The summed E-state index contributed by atoms with van der Waals surface area (Å²) in [5.41, 5.74) is 6.08. The Balaban J connectivity index is 1.75. The van der Waals surface area contributed by atoms with Crippen molar-refractivity contribution in [1.29, 1.82) is 0 Å². The molecule has 0 saturated carbocycles. The van der Waals surface area contributed by atoms with Crippen LogP contribution in [0.25, 0.3) is 22.2 Å². The van der Waals surface area contributed by atoms with E-state index in [-0.39, 0.29) is 5.91 Å². The average molecular weight is 494 g/mol. The highest BCUT2D eigenvalue weighted by Gasteiger charge is 2.17. The van der Waals surface area contributed by atoms with E-state index < -0.39 is 0 Å². The Morgan fingerprint density at radius 2 is 1.91 bits per heavy atom. The van der Waals surface area contributed by atoms with E-state index in [0.29, 0.717) is 32.6 Å². The summed E-state index contributed by atoms with van der Waals surface area (Å²) in [5, 5.41) is 5.18. The number of pyridine rings is 1. The van der Waals surface area contributed by atoms with Gasteiger partial charge in [-0.05, 0) is 42.8 Å². The summed E-state index contributed by atoms with van der Waals surface area (Å²) in [6, 6.07) is 18.5. The maximum absolute atomic E-state index is 13.3. The van der Waals surface area contributed by atoms with Crippen LogP contribution in [0.5, 0.6) is 11.5 Å². The molecule has 0 saturated heterocycles. The molecule has 0 unspecified atom stereocenters. The molecular weight excluding hydrogens is 470 g/mol. The number of nitrogens with zero attached hydrogens (tertiary/aromatic N) is 2. The van der Waals surface area contributed by atoms with Gasteiger partial charge in [0.15, 0.2) is 0 Å². The Morgan fingerprint density at radius 1 is 1.09 bits per heavy atom. The molecule has 6 nitrogen and oxygen atoms in total. The van der Waals surface area contributed by atoms with Crippen LogP contribution in [0.15, 0.2) is 65.8 Å². The Hall–Kier alpha value is -3.42. The van der Waals surface area contributed by atoms with Gasteiger partial charge >= 0.3 is 0 Å². The molecule has 4 rings (SSSR count). The smallest absolute Gasteiger partial charge is 0.272 e. The second kappa shape index (κ2) is 10.7. The topological polar surface area (TPSA) is 72.8 Å². The highest BCUT2D eigenvalue weighted by atomic mass is 35.5. The highest BCUT2D eigenvalue weighted by Crippen LogP contribution is 2.34. The van der Waals surface area contributed by atoms with Crippen LogP contribution in [-0.2, 0) is 0 Å². The second-order valence-electron chi connectivity index (χ2n) is 7.49. The predicted molar refractivity (Wildman–Crippen MR) is 139 cm³/mol. The fourth-order valence-corrected chi connectivity index (χ4v) is 4.69. The molecular formula is C26H24ClN3O3S. The number of ether oxygens (including phenoxy) is 2. The summed E-state index contributed by atoms with van der Waals surface area (Å²) in [4.78, 5) is 19.0. The maximum Gasteiger partial charge on any atom is 0.272 e. The fraction of sp³-hybridized carbons (Fsp3) is 0.192. The molecule has 0 atom stereocenters. The van der Waals surface area contributed by atoms with Crippen molar-refractivity contribution in [3.05, 3.63) is 75.4 Å². The van der Waals surface area contributed by atoms with Gasteiger partial charge in [-0.2, -0.15) is 5.10 Å². The van der Waals surface area contributed by atoms with Crippen molar-refractivity contribution in [2.75, 3.05) is 14.2 Å². The number of hydrazone groups is 1. The molecule has 2 heterocycles. The number of carbonyl (C=O) groups is 1. The van der Waals surface area contributed by atoms with E-state index in [1.54, 1.807) is 26.4 Å². The number of hydrogen-bond acceptors (Lipinski definition) is 6. The van der Waals surface area contributed by atoms with Gasteiger partial charge in [0.2, 0.25) is 0 Å². The number of aromatic nitrogens is 1. The lowest BCUT2D eigenvalue weighted by Crippen LogP contribution is -2.20. The van der Waals surface area contributed by atoms with Crippen LogP contribution in [-0.4, -0.2) is 30.8 Å². The van der Waals surface area contributed by atoms with Gasteiger partial charge in [-0.1, -0.05) is 43.1 Å². The zero-order valence-corrected chi connectivity index (χ0v) is 20.7. The van der Waals surface area contributed by atoms with Crippen LogP contribution < -0.4 is 14.9 Å². The fourth-order valence-electron chi connectivity index (χ4n) is 3.63. The number of amides is 1. The van der Waals surface area contributed by atoms with Gasteiger partial charge in [0.25, 0.3) is 5.91 Å². The molecule has 2 aromatic carbocycles. The van der Waals surface area contributed by atoms with E-state index in [9.17, 15) is 4.79 Å². The molecule has 0 fully saturated rings. The molecule has 0 bridgehead atoms. The van der Waals surface area contributed by atoms with E-state index in [2.05, 4.69) is 17.5 Å². The largest absolute Gasteiger partial charge is 0.497 e. The molecule has 2 aromatic heterocycles. The van der Waals surface area contributed by atoms with Crippen LogP contribution in [0.2, 0.25) is 4.34 Å². The van der Waals surface area contributed by atoms with Gasteiger partial charge in [-0.3, -0.25) is 4.79 Å². The molecule has 0 aliphatic carbocycles. The lowest BCUT2D eigenvalue weighted by molar-refractivity contribution is 0.0956. The Morgan fingerprint density at radius 3 is 2.62 bits per heavy atom. The first-order valence-corrected chi connectivity index (χ1v) is 12.0. The number of carbonyl (C=O) groups excluding carboxylic acids is 1. The number of benzene rings is 2. The molecule has 8 heteroatoms. The number of hydrogen-bond donors (Lipinski definition) is 1. The Labute approximate surface area is 207 Å². The third-order valence-corrected chi connectivity index (χ3v) is 6.56. The molecule has 174 valence electrons. The minimum Gasteiger partial charge on any atom is -0.497 e. The standard InChI is InChI=1S/C26H24ClN3O3S/c1-4-7-21(24-12-13-25(27)34-24)29-30-26(31)19-15-22(28-20-9-6-5-8-17(19)20)18-11-10-16(32-2)14-23(18)33-3/h5-6,8-15H,4,7H2,1-3H3,(H,30,31). The van der Waals surface area contributed by atoms with E-state index in [1.165, 1.54) is 11.3 Å². The minimum atomic E-state index is -0.316. The van der Waals surface area contributed by atoms with Crippen molar-refractivity contribution in [3.63, 3.8) is 0 Å². The van der Waals surface area contributed by atoms with Gasteiger partial charge in [-0.25, -0.2) is 10.4 Å². The van der Waals surface area contributed by atoms with Crippen molar-refractivity contribution in [2.24, 2.45) is 5.10 Å². The van der Waals surface area contributed by atoms with Crippen LogP contribution >= 0.6 is 22.9 Å². The number of fused-ring (bicyclic) bond motifs is 1. The van der Waals surface area contributed by atoms with E-state index in [0.717, 1.165) is 34.4 Å². The van der Waals surface area contributed by atoms with E-state index >= 15 is 0 Å². The lowest BCUT2D eigenvalue weighted by atomic mass is 10.0. The van der Waals surface area contributed by atoms with Gasteiger partial charge in [0, 0.05) is 17.0 Å². The van der Waals surface area contributed by atoms with Crippen molar-refractivity contribution in [2.45, 2.75) is 19.8 Å². The van der Waals surface area contributed by atoms with Gasteiger partial charge in [0.1, 0.15) is 11.5 Å². The summed E-state index contributed by atoms with van der Waals surface area (Å²) in [7, 11) is 3.19. The summed E-state index contributed by atoms with van der Waals surface area (Å²) < 4.78 is 11.5. The number of nitrogens with one attached hydrogen (secondary N) is 1. The first-order chi connectivity index (χ1) is 16.5. The number of thiophene rings is 1. The highest BCUT2D eigenvalue weighted by molar-refractivity contribution is 7.18. The molecule has 1 N–H and O–H groups in total. The SMILES string of the molecule is CCCC(=NNC(=O)c1cc(-c2ccc(OC)cc2OC)nc2ccccc12)c1ccc(Cl)s1. The normalized spacial score (nSPS) is 11.5. The third-order valence-electron chi connectivity index (χ3n) is 5.28. The van der Waals surface area contributed by atoms with Crippen LogP contribution in [0, 0.1) is 0 Å². The van der Waals surface area contributed by atoms with Crippen molar-refractivity contribution >= 4 is 45.5 Å².